The number of allylic oxidation sites excluding steroid dienone is 3. The lowest BCUT2D eigenvalue weighted by Gasteiger charge is -2.15. The predicted octanol–water partition coefficient (Wildman–Crippen LogP) is 4.23. The van der Waals surface area contributed by atoms with Crippen LogP contribution >= 0.6 is 0 Å². The zero-order chi connectivity index (χ0) is 28.9. The van der Waals surface area contributed by atoms with Crippen LogP contribution in [0.5, 0.6) is 5.75 Å². The third kappa shape index (κ3) is 10.2. The minimum absolute atomic E-state index is 0.167. The summed E-state index contributed by atoms with van der Waals surface area (Å²) in [6.45, 7) is 4.41. The molecule has 2 aromatic carbocycles. The zero-order valence-corrected chi connectivity index (χ0v) is 22.8. The van der Waals surface area contributed by atoms with Crippen molar-refractivity contribution in [2.75, 3.05) is 55.5 Å². The van der Waals surface area contributed by atoms with E-state index in [-0.39, 0.29) is 17.5 Å². The Bertz CT molecular complexity index is 1330. The molecule has 5 N–H and O–H groups in total. The van der Waals surface area contributed by atoms with E-state index in [1.165, 1.54) is 24.3 Å². The highest BCUT2D eigenvalue weighted by molar-refractivity contribution is 5.94. The Morgan fingerprint density at radius 3 is 2.24 bits per heavy atom. The van der Waals surface area contributed by atoms with Crippen molar-refractivity contribution >= 4 is 29.4 Å². The number of nitrogens with one attached hydrogen (secondary N) is 4. The molecule has 0 saturated carbocycles. The number of carbonyl (C=O) groups is 1. The first-order chi connectivity index (χ1) is 19.9. The Labute approximate surface area is 237 Å². The van der Waals surface area contributed by atoms with E-state index in [1.54, 1.807) is 24.3 Å². The average Bonchev–Trinajstić information content (AvgIpc) is 2.96. The van der Waals surface area contributed by atoms with Crippen LogP contribution in [-0.4, -0.2) is 65.5 Å². The largest absolute Gasteiger partial charge is 0.508 e. The van der Waals surface area contributed by atoms with Gasteiger partial charge in [0, 0.05) is 30.0 Å². The summed E-state index contributed by atoms with van der Waals surface area (Å²) >= 11 is 0. The van der Waals surface area contributed by atoms with Crippen LogP contribution in [0.4, 0.5) is 27.9 Å². The van der Waals surface area contributed by atoms with Crippen LogP contribution in [0, 0.1) is 11.7 Å². The second kappa shape index (κ2) is 15.3. The number of anilines is 4. The number of benzene rings is 2. The molecule has 0 saturated heterocycles. The number of phenols is 1. The fraction of sp³-hybridized carbons (Fsp3) is 0.310. The highest BCUT2D eigenvalue weighted by Crippen LogP contribution is 2.21. The molecule has 3 aromatic rings. The van der Waals surface area contributed by atoms with Crippen molar-refractivity contribution in [3.05, 3.63) is 83.8 Å². The zero-order valence-electron chi connectivity index (χ0n) is 22.8. The minimum atomic E-state index is -0.387. The van der Waals surface area contributed by atoms with Crippen LogP contribution in [0.15, 0.2) is 72.5 Å². The number of rotatable bonds is 15. The summed E-state index contributed by atoms with van der Waals surface area (Å²) in [6, 6.07) is 12.0. The number of amides is 1. The lowest BCUT2D eigenvalue weighted by molar-refractivity contribution is 0.0519. The third-order valence-electron chi connectivity index (χ3n) is 5.87. The predicted molar refractivity (Wildman–Crippen MR) is 155 cm³/mol. The van der Waals surface area contributed by atoms with Crippen LogP contribution < -0.4 is 21.3 Å². The van der Waals surface area contributed by atoms with Gasteiger partial charge in [0.1, 0.15) is 11.6 Å². The van der Waals surface area contributed by atoms with Gasteiger partial charge in [-0.2, -0.15) is 15.0 Å². The molecule has 1 amide bonds. The second-order valence-electron chi connectivity index (χ2n) is 9.25. The molecule has 0 radical (unpaired) electrons. The van der Waals surface area contributed by atoms with Crippen molar-refractivity contribution in [2.45, 2.75) is 13.3 Å². The van der Waals surface area contributed by atoms with Gasteiger partial charge in [-0.05, 0) is 66.9 Å². The molecule has 1 unspecified atom stereocenters. The van der Waals surface area contributed by atoms with Crippen LogP contribution in [0.3, 0.4) is 0 Å². The average molecular weight is 564 g/mol. The van der Waals surface area contributed by atoms with Crippen molar-refractivity contribution in [1.82, 2.24) is 20.3 Å². The highest BCUT2D eigenvalue weighted by Gasteiger charge is 2.10. The van der Waals surface area contributed by atoms with Crippen molar-refractivity contribution in [2.24, 2.45) is 5.92 Å². The molecular formula is C29H34FN7O4. The number of hydrogen-bond acceptors (Lipinski definition) is 10. The fourth-order valence-electron chi connectivity index (χ4n) is 3.69. The first-order valence-electron chi connectivity index (χ1n) is 13.4. The molecule has 0 bridgehead atoms. The van der Waals surface area contributed by atoms with Gasteiger partial charge in [0.15, 0.2) is 0 Å². The number of phenolic OH excluding ortho intramolecular Hbond substituents is 1. The van der Waals surface area contributed by atoms with Gasteiger partial charge in [-0.3, -0.25) is 4.79 Å². The van der Waals surface area contributed by atoms with Gasteiger partial charge < -0.3 is 35.8 Å². The molecule has 12 heteroatoms. The summed E-state index contributed by atoms with van der Waals surface area (Å²) in [7, 11) is 0. The first-order valence-corrected chi connectivity index (χ1v) is 13.4. The molecule has 41 heavy (non-hydrogen) atoms. The summed E-state index contributed by atoms with van der Waals surface area (Å²) in [6.07, 6.45) is 7.17. The second-order valence-corrected chi connectivity index (χ2v) is 9.25. The molecule has 1 aliphatic rings. The Balaban J connectivity index is 1.18. The summed E-state index contributed by atoms with van der Waals surface area (Å²) in [5.41, 5.74) is 2.02. The number of ether oxygens (including phenoxy) is 2. The minimum Gasteiger partial charge on any atom is -0.508 e. The molecule has 0 fully saturated rings. The van der Waals surface area contributed by atoms with Crippen LogP contribution in [-0.2, 0) is 9.47 Å². The number of hydrogen-bond donors (Lipinski definition) is 5. The van der Waals surface area contributed by atoms with E-state index in [1.807, 2.05) is 6.08 Å². The normalized spacial score (nSPS) is 14.3. The molecule has 0 aliphatic heterocycles. The van der Waals surface area contributed by atoms with Crippen molar-refractivity contribution in [3.63, 3.8) is 0 Å². The molecule has 1 heterocycles. The van der Waals surface area contributed by atoms with Crippen LogP contribution in [0.25, 0.3) is 0 Å². The number of carbonyl (C=O) groups excluding carboxylic acids is 1. The van der Waals surface area contributed by atoms with E-state index in [2.05, 4.69) is 55.3 Å². The van der Waals surface area contributed by atoms with Crippen molar-refractivity contribution in [3.8, 4) is 5.75 Å². The standard InChI is InChI=1S/C29H34FN7O4/c1-20-2-8-23(9-3-20)33-28-35-27(36-29(37-28)34-24-10-12-25(38)13-11-24)32-15-17-41-19-18-40-16-14-31-26(39)21-4-6-22(30)7-5-21/h2,4-13,20,38H,3,14-19H2,1H3,(H,31,39)(H3,32,33,34,35,36,37). The Hall–Kier alpha value is -4.55. The summed E-state index contributed by atoms with van der Waals surface area (Å²) in [5.74, 6) is 1.08. The molecule has 0 spiro atoms. The molecule has 11 nitrogen and oxygen atoms in total. The lowest BCUT2D eigenvalue weighted by atomic mass is 10.0. The number of aromatic nitrogens is 3. The van der Waals surface area contributed by atoms with Gasteiger partial charge in [-0.25, -0.2) is 4.39 Å². The molecule has 216 valence electrons. The highest BCUT2D eigenvalue weighted by atomic mass is 19.1. The Morgan fingerprint density at radius 1 is 0.902 bits per heavy atom. The molecule has 1 atom stereocenters. The van der Waals surface area contributed by atoms with Gasteiger partial charge in [0.2, 0.25) is 17.8 Å². The maximum atomic E-state index is 13.0. The maximum absolute atomic E-state index is 13.0. The van der Waals surface area contributed by atoms with Gasteiger partial charge >= 0.3 is 0 Å². The maximum Gasteiger partial charge on any atom is 0.251 e. The Morgan fingerprint density at radius 2 is 1.56 bits per heavy atom. The SMILES string of the molecule is CC1C=CC(Nc2nc(NCCOCCOCCNC(=O)c3ccc(F)cc3)nc(Nc3ccc(O)cc3)n2)=CC1. The van der Waals surface area contributed by atoms with E-state index in [4.69, 9.17) is 9.47 Å². The molecule has 1 aliphatic carbocycles. The van der Waals surface area contributed by atoms with E-state index >= 15 is 0 Å². The third-order valence-corrected chi connectivity index (χ3v) is 5.87. The van der Waals surface area contributed by atoms with Gasteiger partial charge in [-0.15, -0.1) is 0 Å². The van der Waals surface area contributed by atoms with Crippen LogP contribution in [0.1, 0.15) is 23.7 Å². The van der Waals surface area contributed by atoms with E-state index in [0.29, 0.717) is 68.8 Å². The fourth-order valence-corrected chi connectivity index (χ4v) is 3.69. The van der Waals surface area contributed by atoms with E-state index in [9.17, 15) is 14.3 Å². The van der Waals surface area contributed by atoms with Gasteiger partial charge in [-0.1, -0.05) is 19.1 Å². The van der Waals surface area contributed by atoms with Crippen molar-refractivity contribution < 1.29 is 23.8 Å². The van der Waals surface area contributed by atoms with E-state index in [0.717, 1.165) is 17.8 Å². The number of nitrogens with zero attached hydrogens (tertiary/aromatic N) is 3. The molecule has 1 aromatic heterocycles. The number of halogens is 1. The summed E-state index contributed by atoms with van der Waals surface area (Å²) in [5, 5.41) is 21.8. The monoisotopic (exact) mass is 563 g/mol. The lowest BCUT2D eigenvalue weighted by Crippen LogP contribution is -2.27. The van der Waals surface area contributed by atoms with Crippen LogP contribution in [0.2, 0.25) is 0 Å². The van der Waals surface area contributed by atoms with Gasteiger partial charge in [0.05, 0.1) is 26.4 Å². The summed E-state index contributed by atoms with van der Waals surface area (Å²) < 4.78 is 24.0. The smallest absolute Gasteiger partial charge is 0.251 e. The topological polar surface area (TPSA) is 143 Å². The Kier molecular flexibility index (Phi) is 11.0. The number of aromatic hydroxyl groups is 1. The first kappa shape index (κ1) is 29.4. The molecular weight excluding hydrogens is 529 g/mol. The van der Waals surface area contributed by atoms with E-state index < -0.39 is 0 Å². The quantitative estimate of drug-likeness (QED) is 0.135. The van der Waals surface area contributed by atoms with Crippen molar-refractivity contribution in [1.29, 1.82) is 0 Å². The van der Waals surface area contributed by atoms with Gasteiger partial charge in [0.25, 0.3) is 5.91 Å². The molecule has 4 rings (SSSR count). The summed E-state index contributed by atoms with van der Waals surface area (Å²) in [4.78, 5) is 25.4.